The van der Waals surface area contributed by atoms with Gasteiger partial charge in [0.05, 0.1) is 12.8 Å². The zero-order valence-corrected chi connectivity index (χ0v) is 24.1. The Labute approximate surface area is 235 Å². The highest BCUT2D eigenvalue weighted by Gasteiger charge is 2.74. The molecule has 4 bridgehead atoms. The number of carbonyl (C=O) groups excluding carboxylic acids is 4. The first-order valence-corrected chi connectivity index (χ1v) is 15.0. The summed E-state index contributed by atoms with van der Waals surface area (Å²) in [6, 6.07) is 0. The van der Waals surface area contributed by atoms with Crippen molar-refractivity contribution in [1.29, 1.82) is 0 Å². The van der Waals surface area contributed by atoms with Gasteiger partial charge in [0.15, 0.2) is 18.3 Å². The van der Waals surface area contributed by atoms with Gasteiger partial charge in [-0.1, -0.05) is 20.8 Å². The molecular weight excluding hydrogens is 574 g/mol. The van der Waals surface area contributed by atoms with E-state index in [2.05, 4.69) is 25.5 Å². The lowest BCUT2D eigenvalue weighted by Crippen LogP contribution is -2.52. The highest BCUT2D eigenvalue weighted by atomic mass is 32.2. The number of carbonyl (C=O) groups is 4. The van der Waals surface area contributed by atoms with Gasteiger partial charge in [0.25, 0.3) is 0 Å². The van der Waals surface area contributed by atoms with Gasteiger partial charge in [-0.3, -0.25) is 23.7 Å². The lowest BCUT2D eigenvalue weighted by Gasteiger charge is -2.46. The molecule has 10 atom stereocenters. The van der Waals surface area contributed by atoms with Gasteiger partial charge in [-0.15, -0.1) is 0 Å². The molecule has 12 nitrogen and oxygen atoms in total. The van der Waals surface area contributed by atoms with Crippen molar-refractivity contribution in [2.45, 2.75) is 108 Å². The predicted molar refractivity (Wildman–Crippen MR) is 130 cm³/mol. The molecule has 2 aliphatic carbocycles. The van der Waals surface area contributed by atoms with Crippen molar-refractivity contribution >= 4 is 34.0 Å². The minimum atomic E-state index is -5.84. The van der Waals surface area contributed by atoms with Gasteiger partial charge < -0.3 is 23.7 Å². The third-order valence-corrected chi connectivity index (χ3v) is 11.7. The Morgan fingerprint density at radius 1 is 1.10 bits per heavy atom. The predicted octanol–water partition coefficient (Wildman–Crippen LogP) is 2.18. The van der Waals surface area contributed by atoms with E-state index in [0.717, 1.165) is 12.8 Å². The van der Waals surface area contributed by atoms with Crippen LogP contribution in [0.15, 0.2) is 0 Å². The summed E-state index contributed by atoms with van der Waals surface area (Å²) < 4.78 is 84.7. The van der Waals surface area contributed by atoms with Crippen LogP contribution in [0.3, 0.4) is 0 Å². The van der Waals surface area contributed by atoms with Crippen molar-refractivity contribution in [3.05, 3.63) is 0 Å². The van der Waals surface area contributed by atoms with E-state index in [1.54, 1.807) is 0 Å². The van der Waals surface area contributed by atoms with Gasteiger partial charge in [0.1, 0.15) is 29.6 Å². The van der Waals surface area contributed by atoms with Gasteiger partial charge in [0, 0.05) is 5.41 Å². The Morgan fingerprint density at radius 3 is 2.29 bits per heavy atom. The first kappa shape index (κ1) is 30.1. The average Bonchev–Trinajstić information content (AvgIpc) is 3.55. The molecule has 230 valence electrons. The molecule has 0 spiro atoms. The number of halogens is 2. The van der Waals surface area contributed by atoms with Crippen molar-refractivity contribution in [1.82, 2.24) is 0 Å². The van der Waals surface area contributed by atoms with Crippen molar-refractivity contribution < 1.29 is 64.6 Å². The minimum Gasteiger partial charge on any atom is -0.458 e. The monoisotopic (exact) mass is 608 g/mol. The van der Waals surface area contributed by atoms with Crippen molar-refractivity contribution in [3.8, 4) is 0 Å². The summed E-state index contributed by atoms with van der Waals surface area (Å²) in [4.78, 5) is 50.8. The standard InChI is InChI=1S/C26H34F2O12S/c1-11(26(27,28)41(33,34)35)36-13(29)6-7-14(30)37-19-18-16(15-17(38-18)20(19)39-21(15)31)22(32)40-25(5)10-12-8-9-24(25,4)23(12,2)3/h11-12,15-20H,6-10H2,1-5H3,(H,33,34,35). The van der Waals surface area contributed by atoms with Gasteiger partial charge in [-0.2, -0.15) is 17.2 Å². The van der Waals surface area contributed by atoms with E-state index in [4.69, 9.17) is 23.5 Å². The third kappa shape index (κ3) is 4.28. The minimum absolute atomic E-state index is 0.0517. The zero-order chi connectivity index (χ0) is 30.5. The molecule has 5 fully saturated rings. The average molecular weight is 609 g/mol. The fourth-order valence-electron chi connectivity index (χ4n) is 7.73. The number of hydrogen-bond donors (Lipinski definition) is 1. The Kier molecular flexibility index (Phi) is 6.83. The number of fused-ring (bicyclic) bond motifs is 3. The fourth-order valence-corrected chi connectivity index (χ4v) is 8.20. The smallest absolute Gasteiger partial charge is 0.405 e. The van der Waals surface area contributed by atoms with E-state index in [0.29, 0.717) is 19.3 Å². The van der Waals surface area contributed by atoms with Crippen LogP contribution in [-0.2, 0) is 53.0 Å². The fraction of sp³-hybridized carbons (Fsp3) is 0.846. The maximum Gasteiger partial charge on any atom is 0.405 e. The summed E-state index contributed by atoms with van der Waals surface area (Å²) in [5.41, 5.74) is -1.10. The molecule has 5 rings (SSSR count). The van der Waals surface area contributed by atoms with E-state index in [1.165, 1.54) is 0 Å². The van der Waals surface area contributed by atoms with Gasteiger partial charge >= 0.3 is 39.2 Å². The molecule has 15 heteroatoms. The Bertz CT molecular complexity index is 1280. The highest BCUT2D eigenvalue weighted by molar-refractivity contribution is 7.86. The van der Waals surface area contributed by atoms with Crippen molar-refractivity contribution in [2.75, 3.05) is 0 Å². The number of hydrogen-bond acceptors (Lipinski definition) is 11. The molecular formula is C26H34F2O12S. The lowest BCUT2D eigenvalue weighted by molar-refractivity contribution is -0.186. The summed E-state index contributed by atoms with van der Waals surface area (Å²) in [6.07, 6.45) is -5.27. The van der Waals surface area contributed by atoms with Crippen LogP contribution in [0.25, 0.3) is 0 Å². The first-order valence-electron chi connectivity index (χ1n) is 13.6. The molecule has 2 saturated carbocycles. The molecule has 0 aromatic rings. The van der Waals surface area contributed by atoms with Crippen LogP contribution in [-0.4, -0.2) is 78.2 Å². The number of esters is 4. The summed E-state index contributed by atoms with van der Waals surface area (Å²) in [5.74, 6) is -5.22. The lowest BCUT2D eigenvalue weighted by atomic mass is 9.65. The second kappa shape index (κ2) is 9.30. The largest absolute Gasteiger partial charge is 0.458 e. The number of rotatable bonds is 9. The SMILES string of the molecule is CC(OC(=O)CCC(=O)OC1C2OC(=O)C3C2OC1C3C(=O)OC1(C)CC2CCC1(C)C2(C)C)C(F)(F)S(=O)(=O)O. The molecule has 10 unspecified atom stereocenters. The summed E-state index contributed by atoms with van der Waals surface area (Å²) in [6.45, 7) is 8.95. The second-order valence-electron chi connectivity index (χ2n) is 12.8. The van der Waals surface area contributed by atoms with Gasteiger partial charge in [-0.05, 0) is 44.4 Å². The van der Waals surface area contributed by atoms with Gasteiger partial charge in [0.2, 0.25) is 0 Å². The van der Waals surface area contributed by atoms with Crippen LogP contribution in [0.1, 0.15) is 66.7 Å². The zero-order valence-electron chi connectivity index (χ0n) is 23.3. The van der Waals surface area contributed by atoms with E-state index in [9.17, 15) is 36.4 Å². The van der Waals surface area contributed by atoms with E-state index in [-0.39, 0.29) is 10.8 Å². The van der Waals surface area contributed by atoms with E-state index >= 15 is 0 Å². The third-order valence-electron chi connectivity index (χ3n) is 10.7. The molecule has 3 aliphatic heterocycles. The maximum absolute atomic E-state index is 13.6. The molecule has 0 aromatic carbocycles. The van der Waals surface area contributed by atoms with Crippen molar-refractivity contribution in [3.63, 3.8) is 0 Å². The van der Waals surface area contributed by atoms with Crippen molar-refractivity contribution in [2.24, 2.45) is 28.6 Å². The summed E-state index contributed by atoms with van der Waals surface area (Å²) in [7, 11) is -5.84. The Balaban J connectivity index is 1.22. The molecule has 41 heavy (non-hydrogen) atoms. The first-order chi connectivity index (χ1) is 18.7. The molecule has 1 N–H and O–H groups in total. The van der Waals surface area contributed by atoms with E-state index < -0.39 is 100 Å². The summed E-state index contributed by atoms with van der Waals surface area (Å²) in [5, 5.41) is -4.75. The molecule has 0 amide bonds. The Morgan fingerprint density at radius 2 is 1.73 bits per heavy atom. The highest BCUT2D eigenvalue weighted by Crippen LogP contribution is 2.71. The normalized spacial score (nSPS) is 40.8. The van der Waals surface area contributed by atoms with Crippen LogP contribution in [0, 0.1) is 28.6 Å². The molecule has 3 heterocycles. The second-order valence-corrected chi connectivity index (χ2v) is 14.3. The van der Waals surface area contributed by atoms with Gasteiger partial charge in [-0.25, -0.2) is 0 Å². The van der Waals surface area contributed by atoms with Crippen LogP contribution in [0.4, 0.5) is 8.78 Å². The summed E-state index contributed by atoms with van der Waals surface area (Å²) >= 11 is 0. The van der Waals surface area contributed by atoms with Crippen LogP contribution in [0.5, 0.6) is 0 Å². The Hall–Kier alpha value is -2.39. The quantitative estimate of drug-likeness (QED) is 0.230. The topological polar surface area (TPSA) is 169 Å². The van der Waals surface area contributed by atoms with Crippen LogP contribution < -0.4 is 0 Å². The van der Waals surface area contributed by atoms with E-state index in [1.807, 2.05) is 6.92 Å². The van der Waals surface area contributed by atoms with Crippen LogP contribution in [0.2, 0.25) is 0 Å². The number of ether oxygens (including phenoxy) is 5. The molecule has 5 aliphatic rings. The molecule has 3 saturated heterocycles. The molecule has 0 radical (unpaired) electrons. The number of alkyl halides is 2. The maximum atomic E-state index is 13.6. The van der Waals surface area contributed by atoms with Crippen LogP contribution >= 0.6 is 0 Å². The molecule has 0 aromatic heterocycles.